The maximum absolute atomic E-state index is 13.6. The summed E-state index contributed by atoms with van der Waals surface area (Å²) in [7, 11) is 0. The highest BCUT2D eigenvalue weighted by Gasteiger charge is 2.25. The lowest BCUT2D eigenvalue weighted by molar-refractivity contribution is -0.115. The number of amides is 2. The minimum atomic E-state index is -0.432. The maximum Gasteiger partial charge on any atom is 0.290 e. The van der Waals surface area contributed by atoms with Crippen molar-refractivity contribution in [1.29, 1.82) is 0 Å². The average Bonchev–Trinajstić information content (AvgIpc) is 2.98. The molecule has 0 saturated carbocycles. The zero-order valence-corrected chi connectivity index (χ0v) is 10.9. The second-order valence-corrected chi connectivity index (χ2v) is 5.04. The number of carbonyl (C=O) groups excluding carboxylic acids is 2. The molecule has 1 aliphatic rings. The monoisotopic (exact) mass is 289 g/mol. The first-order valence-electron chi connectivity index (χ1n) is 5.68. The number of carbonyl (C=O) groups is 2. The number of hydrogen-bond acceptors (Lipinski definition) is 4. The fourth-order valence-corrected chi connectivity index (χ4v) is 2.44. The van der Waals surface area contributed by atoms with Gasteiger partial charge in [0.25, 0.3) is 11.1 Å². The highest BCUT2D eigenvalue weighted by atomic mass is 32.2. The number of hydrogen-bond donors (Lipinski definition) is 1. The SMILES string of the molecule is O=C1NC(=O)/C(=C/c2cnn(-c3ccccc3F)c2)S1. The zero-order valence-electron chi connectivity index (χ0n) is 10.0. The quantitative estimate of drug-likeness (QED) is 0.862. The lowest BCUT2D eigenvalue weighted by Crippen LogP contribution is -2.17. The predicted molar refractivity (Wildman–Crippen MR) is 72.6 cm³/mol. The van der Waals surface area contributed by atoms with Gasteiger partial charge in [-0.3, -0.25) is 14.9 Å². The Bertz CT molecular complexity index is 739. The number of nitrogens with one attached hydrogen (secondary N) is 1. The van der Waals surface area contributed by atoms with E-state index in [9.17, 15) is 14.0 Å². The van der Waals surface area contributed by atoms with Gasteiger partial charge in [0.1, 0.15) is 11.5 Å². The molecule has 1 N–H and O–H groups in total. The highest BCUT2D eigenvalue weighted by Crippen LogP contribution is 2.25. The third kappa shape index (κ3) is 2.35. The molecule has 0 aliphatic carbocycles. The van der Waals surface area contributed by atoms with E-state index in [2.05, 4.69) is 10.4 Å². The molecule has 20 heavy (non-hydrogen) atoms. The van der Waals surface area contributed by atoms with Crippen LogP contribution in [-0.2, 0) is 4.79 Å². The predicted octanol–water partition coefficient (Wildman–Crippen LogP) is 2.34. The minimum Gasteiger partial charge on any atom is -0.282 e. The van der Waals surface area contributed by atoms with Crippen molar-refractivity contribution in [2.75, 3.05) is 0 Å². The molecule has 2 amide bonds. The Kier molecular flexibility index (Phi) is 3.11. The van der Waals surface area contributed by atoms with Crippen molar-refractivity contribution in [3.63, 3.8) is 0 Å². The Balaban J connectivity index is 1.92. The number of aromatic nitrogens is 2. The van der Waals surface area contributed by atoms with E-state index in [1.165, 1.54) is 23.0 Å². The van der Waals surface area contributed by atoms with Crippen LogP contribution in [0.3, 0.4) is 0 Å². The van der Waals surface area contributed by atoms with Gasteiger partial charge in [-0.05, 0) is 30.0 Å². The Labute approximate surface area is 117 Å². The Hall–Kier alpha value is -2.41. The van der Waals surface area contributed by atoms with E-state index < -0.39 is 17.0 Å². The van der Waals surface area contributed by atoms with Crippen LogP contribution >= 0.6 is 11.8 Å². The molecular weight excluding hydrogens is 281 g/mol. The standard InChI is InChI=1S/C13H8FN3O2S/c14-9-3-1-2-4-10(9)17-7-8(6-15-17)5-11-12(18)16-13(19)20-11/h1-7H,(H,16,18,19)/b11-5-. The van der Waals surface area contributed by atoms with Crippen LogP contribution in [0.5, 0.6) is 0 Å². The van der Waals surface area contributed by atoms with Crippen molar-refractivity contribution < 1.29 is 14.0 Å². The lowest BCUT2D eigenvalue weighted by Gasteiger charge is -2.01. The molecule has 1 aromatic heterocycles. The summed E-state index contributed by atoms with van der Waals surface area (Å²) in [6.45, 7) is 0. The summed E-state index contributed by atoms with van der Waals surface area (Å²) >= 11 is 0.827. The topological polar surface area (TPSA) is 64.0 Å². The molecule has 1 aliphatic heterocycles. The maximum atomic E-state index is 13.6. The molecule has 2 heterocycles. The normalized spacial score (nSPS) is 16.8. The summed E-state index contributed by atoms with van der Waals surface area (Å²) in [5.41, 5.74) is 0.928. The van der Waals surface area contributed by atoms with Gasteiger partial charge in [0, 0.05) is 11.8 Å². The molecule has 0 unspecified atom stereocenters. The van der Waals surface area contributed by atoms with Gasteiger partial charge in [-0.15, -0.1) is 0 Å². The van der Waals surface area contributed by atoms with E-state index in [1.807, 2.05) is 0 Å². The first-order valence-corrected chi connectivity index (χ1v) is 6.49. The Morgan fingerprint density at radius 3 is 2.80 bits per heavy atom. The number of rotatable bonds is 2. The number of halogens is 1. The van der Waals surface area contributed by atoms with Gasteiger partial charge in [0.05, 0.1) is 11.1 Å². The average molecular weight is 289 g/mol. The summed E-state index contributed by atoms with van der Waals surface area (Å²) in [6, 6.07) is 6.24. The fourth-order valence-electron chi connectivity index (χ4n) is 1.75. The van der Waals surface area contributed by atoms with E-state index >= 15 is 0 Å². The molecule has 1 fully saturated rings. The smallest absolute Gasteiger partial charge is 0.282 e. The van der Waals surface area contributed by atoms with E-state index in [0.29, 0.717) is 16.2 Å². The van der Waals surface area contributed by atoms with Crippen molar-refractivity contribution in [3.8, 4) is 5.69 Å². The molecule has 0 atom stereocenters. The van der Waals surface area contributed by atoms with Crippen molar-refractivity contribution in [3.05, 3.63) is 52.9 Å². The highest BCUT2D eigenvalue weighted by molar-refractivity contribution is 8.18. The number of para-hydroxylation sites is 1. The Morgan fingerprint density at radius 2 is 2.10 bits per heavy atom. The number of benzene rings is 1. The summed E-state index contributed by atoms with van der Waals surface area (Å²) in [5, 5.41) is 5.80. The van der Waals surface area contributed by atoms with Crippen molar-refractivity contribution in [2.45, 2.75) is 0 Å². The van der Waals surface area contributed by atoms with Crippen molar-refractivity contribution in [2.24, 2.45) is 0 Å². The van der Waals surface area contributed by atoms with Crippen LogP contribution in [0.1, 0.15) is 5.56 Å². The molecular formula is C13H8FN3O2S. The van der Waals surface area contributed by atoms with Gasteiger partial charge in [0.2, 0.25) is 0 Å². The van der Waals surface area contributed by atoms with E-state index in [0.717, 1.165) is 11.8 Å². The van der Waals surface area contributed by atoms with Crippen LogP contribution in [0, 0.1) is 5.82 Å². The molecule has 5 nitrogen and oxygen atoms in total. The first kappa shape index (κ1) is 12.6. The lowest BCUT2D eigenvalue weighted by atomic mass is 10.3. The molecule has 0 spiro atoms. The van der Waals surface area contributed by atoms with Gasteiger partial charge in [-0.1, -0.05) is 12.1 Å². The van der Waals surface area contributed by atoms with E-state index in [1.54, 1.807) is 24.4 Å². The first-order chi connectivity index (χ1) is 9.63. The summed E-state index contributed by atoms with van der Waals surface area (Å²) in [5.74, 6) is -0.823. The summed E-state index contributed by atoms with van der Waals surface area (Å²) in [6.07, 6.45) is 4.62. The molecule has 1 aromatic carbocycles. The van der Waals surface area contributed by atoms with E-state index in [-0.39, 0.29) is 0 Å². The fraction of sp³-hybridized carbons (Fsp3) is 0. The van der Waals surface area contributed by atoms with E-state index in [4.69, 9.17) is 0 Å². The molecule has 0 bridgehead atoms. The van der Waals surface area contributed by atoms with Crippen LogP contribution < -0.4 is 5.32 Å². The molecule has 2 aromatic rings. The van der Waals surface area contributed by atoms with Gasteiger partial charge >= 0.3 is 0 Å². The third-order valence-corrected chi connectivity index (χ3v) is 3.45. The second-order valence-electron chi connectivity index (χ2n) is 4.02. The minimum absolute atomic E-state index is 0.295. The van der Waals surface area contributed by atoms with Gasteiger partial charge in [-0.25, -0.2) is 9.07 Å². The van der Waals surface area contributed by atoms with Gasteiger partial charge in [0.15, 0.2) is 0 Å². The van der Waals surface area contributed by atoms with Crippen molar-refractivity contribution >= 4 is 29.0 Å². The van der Waals surface area contributed by atoms with Crippen LogP contribution in [-0.4, -0.2) is 20.9 Å². The van der Waals surface area contributed by atoms with Crippen LogP contribution in [0.15, 0.2) is 41.6 Å². The van der Waals surface area contributed by atoms with Crippen LogP contribution in [0.25, 0.3) is 11.8 Å². The van der Waals surface area contributed by atoms with Crippen LogP contribution in [0.2, 0.25) is 0 Å². The third-order valence-electron chi connectivity index (χ3n) is 2.64. The Morgan fingerprint density at radius 1 is 1.30 bits per heavy atom. The molecule has 1 saturated heterocycles. The largest absolute Gasteiger partial charge is 0.290 e. The summed E-state index contributed by atoms with van der Waals surface area (Å²) < 4.78 is 15.0. The number of nitrogens with zero attached hydrogens (tertiary/aromatic N) is 2. The molecule has 7 heteroatoms. The molecule has 0 radical (unpaired) electrons. The van der Waals surface area contributed by atoms with Gasteiger partial charge in [-0.2, -0.15) is 5.10 Å². The molecule has 3 rings (SSSR count). The number of imide groups is 1. The van der Waals surface area contributed by atoms with Crippen LogP contribution in [0.4, 0.5) is 9.18 Å². The number of thioether (sulfide) groups is 1. The summed E-state index contributed by atoms with van der Waals surface area (Å²) in [4.78, 5) is 22.8. The molecule has 100 valence electrons. The second kappa shape index (κ2) is 4.93. The van der Waals surface area contributed by atoms with Gasteiger partial charge < -0.3 is 0 Å². The van der Waals surface area contributed by atoms with Crippen molar-refractivity contribution in [1.82, 2.24) is 15.1 Å². The zero-order chi connectivity index (χ0) is 14.1.